The number of aliphatic hydroxyl groups is 2. The summed E-state index contributed by atoms with van der Waals surface area (Å²) in [4.78, 5) is 22.6. The van der Waals surface area contributed by atoms with Gasteiger partial charge < -0.3 is 14.9 Å². The number of rotatable bonds is 5. The predicted octanol–water partition coefficient (Wildman–Crippen LogP) is 1.16. The smallest absolute Gasteiger partial charge is 0.338 e. The third-order valence-corrected chi connectivity index (χ3v) is 2.80. The van der Waals surface area contributed by atoms with Crippen LogP contribution in [0, 0.1) is 6.92 Å². The third kappa shape index (κ3) is 3.62. The van der Waals surface area contributed by atoms with Crippen molar-refractivity contribution in [3.8, 4) is 0 Å². The van der Waals surface area contributed by atoms with E-state index in [-0.39, 0.29) is 12.4 Å². The number of hydrogen-bond acceptors (Lipinski definition) is 5. The molecule has 19 heavy (non-hydrogen) atoms. The van der Waals surface area contributed by atoms with E-state index >= 15 is 0 Å². The minimum atomic E-state index is -1.64. The van der Waals surface area contributed by atoms with Crippen LogP contribution >= 0.6 is 0 Å². The summed E-state index contributed by atoms with van der Waals surface area (Å²) in [6, 6.07) is 4.65. The largest absolute Gasteiger partial charge is 0.464 e. The van der Waals surface area contributed by atoms with Gasteiger partial charge >= 0.3 is 5.97 Å². The van der Waals surface area contributed by atoms with E-state index in [0.717, 1.165) is 0 Å². The van der Waals surface area contributed by atoms with Crippen LogP contribution in [0.5, 0.6) is 0 Å². The zero-order valence-electron chi connectivity index (χ0n) is 11.2. The van der Waals surface area contributed by atoms with Crippen LogP contribution in [0.1, 0.15) is 41.4 Å². The molecule has 0 fully saturated rings. The molecule has 2 atom stereocenters. The Balaban J connectivity index is 2.94. The molecule has 0 aromatic heterocycles. The number of aryl methyl sites for hydroxylation is 1. The first-order chi connectivity index (χ1) is 8.88. The minimum Gasteiger partial charge on any atom is -0.464 e. The van der Waals surface area contributed by atoms with Gasteiger partial charge in [-0.3, -0.25) is 4.79 Å². The highest BCUT2D eigenvalue weighted by Gasteiger charge is 2.27. The lowest BCUT2D eigenvalue weighted by atomic mass is 9.97. The first kappa shape index (κ1) is 15.3. The molecule has 0 aliphatic carbocycles. The maximum absolute atomic E-state index is 11.3. The van der Waals surface area contributed by atoms with Crippen LogP contribution < -0.4 is 0 Å². The van der Waals surface area contributed by atoms with Crippen LogP contribution in [0.2, 0.25) is 0 Å². The lowest BCUT2D eigenvalue weighted by Crippen LogP contribution is -2.30. The van der Waals surface area contributed by atoms with Gasteiger partial charge in [0.05, 0.1) is 6.61 Å². The standard InChI is InChI=1S/C14H18O5/c1-4-19-14(18)13(17)12(16)10-5-6-11(9(3)15)8(2)7-10/h5-7,12-13,16-17H,4H2,1-3H3. The van der Waals surface area contributed by atoms with Gasteiger partial charge in [0.1, 0.15) is 6.10 Å². The lowest BCUT2D eigenvalue weighted by molar-refractivity contribution is -0.159. The normalized spacial score (nSPS) is 13.7. The Kier molecular flexibility index (Phi) is 5.20. The van der Waals surface area contributed by atoms with E-state index in [2.05, 4.69) is 4.74 Å². The molecule has 0 saturated heterocycles. The number of hydrogen-bond donors (Lipinski definition) is 2. The summed E-state index contributed by atoms with van der Waals surface area (Å²) in [6.45, 7) is 4.92. The van der Waals surface area contributed by atoms with Gasteiger partial charge in [0.2, 0.25) is 0 Å². The van der Waals surface area contributed by atoms with Crippen molar-refractivity contribution in [3.63, 3.8) is 0 Å². The predicted molar refractivity (Wildman–Crippen MR) is 68.8 cm³/mol. The summed E-state index contributed by atoms with van der Waals surface area (Å²) < 4.78 is 4.64. The average molecular weight is 266 g/mol. The summed E-state index contributed by atoms with van der Waals surface area (Å²) in [5.74, 6) is -0.951. The molecule has 0 radical (unpaired) electrons. The highest BCUT2D eigenvalue weighted by molar-refractivity contribution is 5.95. The number of Topliss-reactive ketones (excluding diaryl/α,β-unsaturated/α-hetero) is 1. The Morgan fingerprint density at radius 3 is 2.42 bits per heavy atom. The van der Waals surface area contributed by atoms with Crippen LogP contribution in [0.15, 0.2) is 18.2 Å². The van der Waals surface area contributed by atoms with E-state index in [1.54, 1.807) is 26.0 Å². The monoisotopic (exact) mass is 266 g/mol. The molecule has 2 N–H and O–H groups in total. The fraction of sp³-hybridized carbons (Fsp3) is 0.429. The van der Waals surface area contributed by atoms with E-state index in [4.69, 9.17) is 0 Å². The van der Waals surface area contributed by atoms with E-state index in [0.29, 0.717) is 16.7 Å². The van der Waals surface area contributed by atoms with Crippen molar-refractivity contribution in [2.45, 2.75) is 33.0 Å². The first-order valence-corrected chi connectivity index (χ1v) is 6.02. The average Bonchev–Trinajstić information content (AvgIpc) is 2.36. The van der Waals surface area contributed by atoms with Crippen LogP contribution in [0.25, 0.3) is 0 Å². The van der Waals surface area contributed by atoms with Crippen LogP contribution in [-0.4, -0.2) is 34.7 Å². The Hall–Kier alpha value is -1.72. The molecular weight excluding hydrogens is 248 g/mol. The second kappa shape index (κ2) is 6.45. The molecule has 0 saturated carbocycles. The molecular formula is C14H18O5. The van der Waals surface area contributed by atoms with Gasteiger partial charge in [0.25, 0.3) is 0 Å². The number of carbonyl (C=O) groups excluding carboxylic acids is 2. The minimum absolute atomic E-state index is 0.0792. The fourth-order valence-electron chi connectivity index (χ4n) is 1.80. The van der Waals surface area contributed by atoms with Gasteiger partial charge in [-0.1, -0.05) is 18.2 Å². The molecule has 0 aliphatic rings. The second-order valence-electron chi connectivity index (χ2n) is 4.27. The van der Waals surface area contributed by atoms with E-state index in [1.165, 1.54) is 13.0 Å². The molecule has 0 amide bonds. The molecule has 104 valence electrons. The zero-order valence-corrected chi connectivity index (χ0v) is 11.2. The lowest BCUT2D eigenvalue weighted by Gasteiger charge is -2.17. The molecule has 0 heterocycles. The Morgan fingerprint density at radius 1 is 1.32 bits per heavy atom. The molecule has 0 bridgehead atoms. The third-order valence-electron chi connectivity index (χ3n) is 2.80. The maximum atomic E-state index is 11.3. The van der Waals surface area contributed by atoms with Gasteiger partial charge in [-0.15, -0.1) is 0 Å². The van der Waals surface area contributed by atoms with Crippen molar-refractivity contribution in [2.24, 2.45) is 0 Å². The number of ketones is 1. The fourth-order valence-corrected chi connectivity index (χ4v) is 1.80. The number of benzene rings is 1. The number of esters is 1. The molecule has 0 spiro atoms. The maximum Gasteiger partial charge on any atom is 0.338 e. The summed E-state index contributed by atoms with van der Waals surface area (Å²) in [5.41, 5.74) is 1.59. The Bertz CT molecular complexity index is 481. The SMILES string of the molecule is CCOC(=O)C(O)C(O)c1ccc(C(C)=O)c(C)c1. The van der Waals surface area contributed by atoms with Gasteiger partial charge in [-0.2, -0.15) is 0 Å². The zero-order chi connectivity index (χ0) is 14.6. The van der Waals surface area contributed by atoms with E-state index in [1.807, 2.05) is 0 Å². The van der Waals surface area contributed by atoms with Crippen molar-refractivity contribution in [3.05, 3.63) is 34.9 Å². The highest BCUT2D eigenvalue weighted by Crippen LogP contribution is 2.21. The van der Waals surface area contributed by atoms with Crippen LogP contribution in [0.3, 0.4) is 0 Å². The summed E-state index contributed by atoms with van der Waals surface area (Å²) >= 11 is 0. The highest BCUT2D eigenvalue weighted by atomic mass is 16.5. The Labute approximate surface area is 111 Å². The summed E-state index contributed by atoms with van der Waals surface area (Å²) in [5, 5.41) is 19.6. The first-order valence-electron chi connectivity index (χ1n) is 6.02. The molecule has 1 aromatic rings. The number of carbonyl (C=O) groups is 2. The van der Waals surface area contributed by atoms with Crippen molar-refractivity contribution in [2.75, 3.05) is 6.61 Å². The Morgan fingerprint density at radius 2 is 1.95 bits per heavy atom. The van der Waals surface area contributed by atoms with Gasteiger partial charge in [-0.05, 0) is 31.9 Å². The van der Waals surface area contributed by atoms with Crippen molar-refractivity contribution in [1.29, 1.82) is 0 Å². The van der Waals surface area contributed by atoms with Crippen molar-refractivity contribution >= 4 is 11.8 Å². The van der Waals surface area contributed by atoms with Crippen molar-refractivity contribution < 1.29 is 24.5 Å². The van der Waals surface area contributed by atoms with E-state index in [9.17, 15) is 19.8 Å². The van der Waals surface area contributed by atoms with Gasteiger partial charge in [0.15, 0.2) is 11.9 Å². The molecule has 2 unspecified atom stereocenters. The van der Waals surface area contributed by atoms with Crippen LogP contribution in [0.4, 0.5) is 0 Å². The van der Waals surface area contributed by atoms with Gasteiger partial charge in [-0.25, -0.2) is 4.79 Å². The number of ether oxygens (including phenoxy) is 1. The topological polar surface area (TPSA) is 83.8 Å². The molecule has 0 aliphatic heterocycles. The molecule has 5 heteroatoms. The summed E-state index contributed by atoms with van der Waals surface area (Å²) in [7, 11) is 0. The quantitative estimate of drug-likeness (QED) is 0.617. The van der Waals surface area contributed by atoms with Gasteiger partial charge in [0, 0.05) is 5.56 Å². The van der Waals surface area contributed by atoms with E-state index < -0.39 is 18.2 Å². The molecule has 1 rings (SSSR count). The number of aliphatic hydroxyl groups excluding tert-OH is 2. The van der Waals surface area contributed by atoms with Crippen LogP contribution in [-0.2, 0) is 9.53 Å². The summed E-state index contributed by atoms with van der Waals surface area (Å²) in [6.07, 6.45) is -3.01. The van der Waals surface area contributed by atoms with Crippen molar-refractivity contribution in [1.82, 2.24) is 0 Å². The second-order valence-corrected chi connectivity index (χ2v) is 4.27. The molecule has 5 nitrogen and oxygen atoms in total. The molecule has 1 aromatic carbocycles.